The topological polar surface area (TPSA) is 122 Å². The molecule has 5 aromatic carbocycles. The lowest BCUT2D eigenvalue weighted by Gasteiger charge is -2.35. The molecule has 15 nitrogen and oxygen atoms in total. The first-order valence-electron chi connectivity index (χ1n) is 28.4. The van der Waals surface area contributed by atoms with Crippen molar-refractivity contribution in [1.29, 1.82) is 0 Å². The number of rotatable bonds is 31. The zero-order valence-electron chi connectivity index (χ0n) is 48.1. The normalized spacial score (nSPS) is 11.4. The van der Waals surface area contributed by atoms with Crippen LogP contribution in [0.4, 0.5) is 64.7 Å². The van der Waals surface area contributed by atoms with Crippen LogP contribution in [-0.2, 0) is 14.2 Å². The summed E-state index contributed by atoms with van der Waals surface area (Å²) >= 11 is 0. The molecule has 0 saturated heterocycles. The lowest BCUT2D eigenvalue weighted by Crippen LogP contribution is -2.48. The minimum atomic E-state index is -0.416. The summed E-state index contributed by atoms with van der Waals surface area (Å²) in [6.07, 6.45) is 4.64. The summed E-state index contributed by atoms with van der Waals surface area (Å²) in [7, 11) is 1.63. The third-order valence-corrected chi connectivity index (χ3v) is 13.0. The number of hydrogen-bond acceptors (Lipinski definition) is 7. The van der Waals surface area contributed by atoms with E-state index >= 15 is 9.59 Å². The summed E-state index contributed by atoms with van der Waals surface area (Å²) in [5, 5.41) is 0. The van der Waals surface area contributed by atoms with E-state index in [9.17, 15) is 9.59 Å². The van der Waals surface area contributed by atoms with Crippen LogP contribution in [-0.4, -0.2) is 116 Å². The maximum absolute atomic E-state index is 15.5. The molecule has 0 aromatic heterocycles. The molecule has 0 aliphatic carbocycles. The number of para-hydroxylation sites is 2. The van der Waals surface area contributed by atoms with Crippen LogP contribution in [0.25, 0.3) is 0 Å². The Hall–Kier alpha value is -6.94. The molecule has 5 aromatic rings. The number of methoxy groups -OCH3 is 1. The summed E-state index contributed by atoms with van der Waals surface area (Å²) < 4.78 is 17.1. The van der Waals surface area contributed by atoms with Gasteiger partial charge in [0, 0.05) is 98.4 Å². The van der Waals surface area contributed by atoms with E-state index in [0.717, 1.165) is 37.1 Å². The van der Waals surface area contributed by atoms with Crippen LogP contribution in [0.1, 0.15) is 100 Å². The number of hydrogen-bond donors (Lipinski definition) is 0. The Morgan fingerprint density at radius 2 is 0.603 bits per heavy atom. The summed E-state index contributed by atoms with van der Waals surface area (Å²) in [6, 6.07) is 41.7. The summed E-state index contributed by atoms with van der Waals surface area (Å²) in [4.78, 5) is 74.2. The smallest absolute Gasteiger partial charge is 0.329 e. The molecule has 0 heterocycles. The zero-order chi connectivity index (χ0) is 56.2. The lowest BCUT2D eigenvalue weighted by atomic mass is 10.2. The van der Waals surface area contributed by atoms with E-state index in [1.165, 1.54) is 0 Å². The van der Waals surface area contributed by atoms with E-state index in [1.54, 1.807) is 31.6 Å². The average molecular weight is 1070 g/mol. The molecule has 0 aliphatic heterocycles. The summed E-state index contributed by atoms with van der Waals surface area (Å²) in [5.74, 6) is 0. The number of carbonyl (C=O) groups excluding carboxylic acids is 4. The Bertz CT molecular complexity index is 2570. The van der Waals surface area contributed by atoms with Crippen molar-refractivity contribution in [3.05, 3.63) is 133 Å². The largest absolute Gasteiger partial charge is 0.382 e. The standard InChI is InChI=1S/C63H88N8O7/c1-10-36-64(52-26-19-17-20-27-52)60(72)66(38-12-3)54-30-23-32-56(47-54)68(40-14-5)62(74)69(41-15-6)58-34-25-35-59(49-58)71(50-51(8)78-46-45-77-44-43-76-9)63(75)70(42-16-7)57-33-24-31-55(48-57)67(39-13-4)61(73)65(37-11-2)53-28-21-18-22-29-53/h17-35,47-49,51H,10-16,36-46,50H2,1-9H3/t51-/m1/s1. The molecule has 0 spiro atoms. The molecule has 8 amide bonds. The van der Waals surface area contributed by atoms with Gasteiger partial charge in [0.05, 0.1) is 39.1 Å². The first-order valence-corrected chi connectivity index (χ1v) is 28.4. The van der Waals surface area contributed by atoms with Gasteiger partial charge in [0.15, 0.2) is 0 Å². The first-order chi connectivity index (χ1) is 38.0. The van der Waals surface area contributed by atoms with E-state index in [-0.39, 0.29) is 30.7 Å². The Morgan fingerprint density at radius 3 is 0.897 bits per heavy atom. The number of carbonyl (C=O) groups is 4. The van der Waals surface area contributed by atoms with Gasteiger partial charge in [0.25, 0.3) is 0 Å². The van der Waals surface area contributed by atoms with Gasteiger partial charge in [-0.15, -0.1) is 0 Å². The molecule has 15 heteroatoms. The van der Waals surface area contributed by atoms with Gasteiger partial charge in [0.2, 0.25) is 0 Å². The highest BCUT2D eigenvalue weighted by atomic mass is 16.5. The first kappa shape index (κ1) is 61.9. The van der Waals surface area contributed by atoms with Gasteiger partial charge in [-0.05, 0) is 131 Å². The lowest BCUT2D eigenvalue weighted by molar-refractivity contribution is 0.00234. The van der Waals surface area contributed by atoms with Crippen LogP contribution in [0.15, 0.2) is 133 Å². The Morgan fingerprint density at radius 1 is 0.346 bits per heavy atom. The monoisotopic (exact) mass is 1070 g/mol. The number of anilines is 8. The minimum Gasteiger partial charge on any atom is -0.382 e. The van der Waals surface area contributed by atoms with Gasteiger partial charge >= 0.3 is 24.1 Å². The Kier molecular flexibility index (Phi) is 26.5. The van der Waals surface area contributed by atoms with E-state index in [1.807, 2.05) is 176 Å². The Balaban J connectivity index is 1.54. The van der Waals surface area contributed by atoms with Crippen molar-refractivity contribution in [3.63, 3.8) is 0 Å². The maximum Gasteiger partial charge on any atom is 0.329 e. The zero-order valence-corrected chi connectivity index (χ0v) is 48.1. The number of nitrogens with zero attached hydrogens (tertiary/aromatic N) is 8. The van der Waals surface area contributed by atoms with Gasteiger partial charge in [-0.2, -0.15) is 0 Å². The second-order valence-corrected chi connectivity index (χ2v) is 19.3. The van der Waals surface area contributed by atoms with Crippen molar-refractivity contribution in [2.45, 2.75) is 106 Å². The van der Waals surface area contributed by atoms with Crippen LogP contribution >= 0.6 is 0 Å². The SMILES string of the molecule is CCCN(C(=O)N(CCC)c1cccc(N(CCC)C(=O)N(CCC)c2cccc(N(C[C@@H](C)OCCOCCOC)C(=O)N(CCC)c3cccc(N(CCC)C(=O)N(CCC)c4ccccc4)c3)c2)c1)c1ccccc1. The van der Waals surface area contributed by atoms with Crippen LogP contribution in [0.3, 0.4) is 0 Å². The highest BCUT2D eigenvalue weighted by Gasteiger charge is 2.31. The molecular weight excluding hydrogens is 981 g/mol. The van der Waals surface area contributed by atoms with Crippen LogP contribution in [0.2, 0.25) is 0 Å². The van der Waals surface area contributed by atoms with Gasteiger partial charge in [-0.1, -0.05) is 103 Å². The highest BCUT2D eigenvalue weighted by molar-refractivity contribution is 6.08. The third kappa shape index (κ3) is 17.3. The number of benzene rings is 5. The highest BCUT2D eigenvalue weighted by Crippen LogP contribution is 2.32. The number of ether oxygens (including phenoxy) is 3. The van der Waals surface area contributed by atoms with Crippen molar-refractivity contribution < 1.29 is 33.4 Å². The minimum absolute atomic E-state index is 0.120. The molecule has 422 valence electrons. The number of amides is 8. The van der Waals surface area contributed by atoms with E-state index < -0.39 is 6.10 Å². The second-order valence-electron chi connectivity index (χ2n) is 19.3. The van der Waals surface area contributed by atoms with Crippen molar-refractivity contribution >= 4 is 69.6 Å². The number of urea groups is 4. The maximum atomic E-state index is 15.5. The van der Waals surface area contributed by atoms with Gasteiger partial charge < -0.3 is 14.2 Å². The third-order valence-electron chi connectivity index (χ3n) is 13.0. The molecule has 0 bridgehead atoms. The predicted molar refractivity (Wildman–Crippen MR) is 323 cm³/mol. The second kappa shape index (κ2) is 33.4. The van der Waals surface area contributed by atoms with Crippen molar-refractivity contribution in [2.75, 3.05) is 125 Å². The van der Waals surface area contributed by atoms with E-state index in [4.69, 9.17) is 14.2 Å². The fourth-order valence-electron chi connectivity index (χ4n) is 9.35. The molecule has 0 unspecified atom stereocenters. The fraction of sp³-hybridized carbons (Fsp3) is 0.460. The van der Waals surface area contributed by atoms with Gasteiger partial charge in [-0.25, -0.2) is 19.2 Å². The molecule has 0 fully saturated rings. The molecule has 0 aliphatic rings. The van der Waals surface area contributed by atoms with Gasteiger partial charge in [0.1, 0.15) is 0 Å². The molecular formula is C63H88N8O7. The average Bonchev–Trinajstić information content (AvgIpc) is 3.47. The van der Waals surface area contributed by atoms with Gasteiger partial charge in [-0.3, -0.25) is 39.2 Å². The van der Waals surface area contributed by atoms with Crippen LogP contribution in [0, 0.1) is 0 Å². The fourth-order valence-corrected chi connectivity index (χ4v) is 9.35. The Labute approximate surface area is 466 Å². The van der Waals surface area contributed by atoms with Crippen LogP contribution in [0.5, 0.6) is 0 Å². The van der Waals surface area contributed by atoms with E-state index in [2.05, 4.69) is 27.7 Å². The van der Waals surface area contributed by atoms with Crippen LogP contribution < -0.4 is 39.2 Å². The molecule has 78 heavy (non-hydrogen) atoms. The molecule has 1 atom stereocenters. The summed E-state index contributed by atoms with van der Waals surface area (Å²) in [5.41, 5.74) is 5.60. The van der Waals surface area contributed by atoms with Crippen molar-refractivity contribution in [3.8, 4) is 0 Å². The molecule has 0 N–H and O–H groups in total. The molecule has 5 rings (SSSR count). The van der Waals surface area contributed by atoms with E-state index in [0.29, 0.717) is 126 Å². The van der Waals surface area contributed by atoms with Crippen molar-refractivity contribution in [1.82, 2.24) is 0 Å². The molecule has 0 radical (unpaired) electrons. The summed E-state index contributed by atoms with van der Waals surface area (Å²) in [6.45, 7) is 21.4. The molecule has 0 saturated carbocycles. The predicted octanol–water partition coefficient (Wildman–Crippen LogP) is 14.4. The quantitative estimate of drug-likeness (QED) is 0.0405. The van der Waals surface area contributed by atoms with Crippen molar-refractivity contribution in [2.24, 2.45) is 0 Å².